The fraction of sp³-hybridized carbons (Fsp3) is 0.407. The second kappa shape index (κ2) is 10.6. The maximum atomic E-state index is 13.3. The molecule has 1 fully saturated rings. The molecule has 0 spiro atoms. The summed E-state index contributed by atoms with van der Waals surface area (Å²) in [4.78, 5) is 51.5. The topological polar surface area (TPSA) is 101 Å². The van der Waals surface area contributed by atoms with E-state index in [1.54, 1.807) is 24.3 Å². The summed E-state index contributed by atoms with van der Waals surface area (Å²) in [5.74, 6) is -3.87. The van der Waals surface area contributed by atoms with E-state index in [-0.39, 0.29) is 33.6 Å². The van der Waals surface area contributed by atoms with Crippen LogP contribution in [0.2, 0.25) is 10.0 Å². The molecule has 1 aliphatic carbocycles. The van der Waals surface area contributed by atoms with Crippen LogP contribution in [0, 0.1) is 10.8 Å². The number of hydrogen-bond acceptors (Lipinski definition) is 5. The smallest absolute Gasteiger partial charge is 0.375 e. The Kier molecular flexibility index (Phi) is 8.16. The minimum atomic E-state index is -1.17. The number of anilines is 1. The highest BCUT2D eigenvalue weighted by Crippen LogP contribution is 2.50. The van der Waals surface area contributed by atoms with Gasteiger partial charge in [0.25, 0.3) is 0 Å². The Labute approximate surface area is 220 Å². The fourth-order valence-electron chi connectivity index (χ4n) is 4.71. The Balaban J connectivity index is 1.83. The van der Waals surface area contributed by atoms with Gasteiger partial charge in [-0.2, -0.15) is 0 Å². The largest absolute Gasteiger partial charge is 0.478 e. The highest BCUT2D eigenvalue weighted by atomic mass is 35.5. The Morgan fingerprint density at radius 3 is 2.19 bits per heavy atom. The van der Waals surface area contributed by atoms with Crippen LogP contribution in [0.5, 0.6) is 0 Å². The number of esters is 1. The molecule has 36 heavy (non-hydrogen) atoms. The third-order valence-electron chi connectivity index (χ3n) is 6.63. The van der Waals surface area contributed by atoms with Crippen molar-refractivity contribution in [3.63, 3.8) is 0 Å². The number of hydrogen-bond donors (Lipinski definition) is 1. The van der Waals surface area contributed by atoms with E-state index in [1.165, 1.54) is 23.1 Å². The van der Waals surface area contributed by atoms with Crippen molar-refractivity contribution >= 4 is 52.5 Å². The maximum absolute atomic E-state index is 13.3. The van der Waals surface area contributed by atoms with Crippen molar-refractivity contribution in [3.05, 3.63) is 63.6 Å². The quantitative estimate of drug-likeness (QED) is 0.256. The Morgan fingerprint density at radius 2 is 1.61 bits per heavy atom. The Hall–Kier alpha value is -2.90. The number of Topliss-reactive ketones (excluding diaryl/α,β-unsaturated/α-hetero) is 1. The van der Waals surface area contributed by atoms with Crippen molar-refractivity contribution in [1.29, 1.82) is 0 Å². The van der Waals surface area contributed by atoms with Crippen molar-refractivity contribution in [2.24, 2.45) is 10.8 Å². The molecule has 1 N–H and O–H groups in total. The van der Waals surface area contributed by atoms with E-state index in [0.717, 1.165) is 12.8 Å². The molecule has 0 saturated heterocycles. The van der Waals surface area contributed by atoms with Gasteiger partial charge in [-0.1, -0.05) is 63.0 Å². The van der Waals surface area contributed by atoms with Crippen molar-refractivity contribution in [2.45, 2.75) is 59.6 Å². The molecule has 2 aromatic carbocycles. The van der Waals surface area contributed by atoms with Gasteiger partial charge in [0.2, 0.25) is 11.7 Å². The number of aromatic carboxylic acids is 1. The van der Waals surface area contributed by atoms with Crippen LogP contribution in [-0.2, 0) is 25.7 Å². The monoisotopic (exact) mass is 533 g/mol. The molecule has 7 nitrogen and oxygen atoms in total. The van der Waals surface area contributed by atoms with E-state index in [2.05, 4.69) is 0 Å². The van der Waals surface area contributed by atoms with Gasteiger partial charge >= 0.3 is 11.9 Å². The summed E-state index contributed by atoms with van der Waals surface area (Å²) < 4.78 is 5.62. The van der Waals surface area contributed by atoms with Gasteiger partial charge in [-0.25, -0.2) is 9.59 Å². The molecular weight excluding hydrogens is 505 g/mol. The normalized spacial score (nSPS) is 16.4. The third-order valence-corrected chi connectivity index (χ3v) is 7.37. The van der Waals surface area contributed by atoms with E-state index >= 15 is 0 Å². The average Bonchev–Trinajstić information content (AvgIpc) is 3.01. The first kappa shape index (κ1) is 27.7. The van der Waals surface area contributed by atoms with Crippen molar-refractivity contribution < 1.29 is 29.0 Å². The van der Waals surface area contributed by atoms with Gasteiger partial charge in [-0.3, -0.25) is 9.59 Å². The summed E-state index contributed by atoms with van der Waals surface area (Å²) in [6.45, 7) is 7.94. The molecular formula is C27H29Cl2NO6. The molecule has 9 heteroatoms. The number of carboxylic acids is 1. The van der Waals surface area contributed by atoms with Crippen LogP contribution in [0.1, 0.15) is 62.9 Å². The molecule has 0 aliphatic heterocycles. The molecule has 1 aliphatic rings. The first-order valence-electron chi connectivity index (χ1n) is 11.5. The van der Waals surface area contributed by atoms with Crippen LogP contribution in [0.3, 0.4) is 0 Å². The standard InChI is InChI=1S/C27H29Cl2NO6/c1-26(2)10-11-27(3,4)25(26)36-24(35)21(31)14-22(32)30(15-16-8-9-19(28)20(29)12-16)18-7-5-6-17(13-18)23(33)34/h5-9,12-13,25H,10-11,14-15H2,1-4H3,(H,33,34). The van der Waals surface area contributed by atoms with Crippen LogP contribution in [0.15, 0.2) is 42.5 Å². The number of nitrogens with zero attached hydrogens (tertiary/aromatic N) is 1. The maximum Gasteiger partial charge on any atom is 0.375 e. The molecule has 0 radical (unpaired) electrons. The van der Waals surface area contributed by atoms with Gasteiger partial charge in [0.15, 0.2) is 0 Å². The molecule has 0 bridgehead atoms. The Bertz CT molecular complexity index is 1190. The van der Waals surface area contributed by atoms with Gasteiger partial charge in [0.1, 0.15) is 6.10 Å². The molecule has 0 heterocycles. The highest BCUT2D eigenvalue weighted by molar-refractivity contribution is 6.42. The lowest BCUT2D eigenvalue weighted by Crippen LogP contribution is -2.41. The number of rotatable bonds is 8. The predicted molar refractivity (Wildman–Crippen MR) is 137 cm³/mol. The average molecular weight is 534 g/mol. The molecule has 192 valence electrons. The summed E-state index contributed by atoms with van der Waals surface area (Å²) in [6.07, 6.45) is 0.506. The predicted octanol–water partition coefficient (Wildman–Crippen LogP) is 5.94. The van der Waals surface area contributed by atoms with E-state index in [1.807, 2.05) is 27.7 Å². The lowest BCUT2D eigenvalue weighted by atomic mass is 9.81. The molecule has 0 unspecified atom stereocenters. The number of benzene rings is 2. The number of carbonyl (C=O) groups excluding carboxylic acids is 3. The minimum Gasteiger partial charge on any atom is -0.478 e. The van der Waals surface area contributed by atoms with E-state index in [0.29, 0.717) is 10.6 Å². The number of halogens is 2. The second-order valence-corrected chi connectivity index (χ2v) is 11.3. The van der Waals surface area contributed by atoms with Gasteiger partial charge in [-0.15, -0.1) is 0 Å². The van der Waals surface area contributed by atoms with Gasteiger partial charge in [0, 0.05) is 16.5 Å². The fourth-order valence-corrected chi connectivity index (χ4v) is 5.03. The van der Waals surface area contributed by atoms with Crippen molar-refractivity contribution in [3.8, 4) is 0 Å². The number of ketones is 1. The van der Waals surface area contributed by atoms with E-state index in [4.69, 9.17) is 27.9 Å². The van der Waals surface area contributed by atoms with E-state index < -0.39 is 36.2 Å². The Morgan fingerprint density at radius 1 is 0.972 bits per heavy atom. The van der Waals surface area contributed by atoms with Gasteiger partial charge < -0.3 is 14.7 Å². The first-order chi connectivity index (χ1) is 16.7. The van der Waals surface area contributed by atoms with Gasteiger partial charge in [-0.05, 0) is 48.7 Å². The van der Waals surface area contributed by atoms with Crippen LogP contribution in [-0.4, -0.2) is 34.8 Å². The summed E-state index contributed by atoms with van der Waals surface area (Å²) in [7, 11) is 0. The van der Waals surface area contributed by atoms with Crippen LogP contribution >= 0.6 is 23.2 Å². The highest BCUT2D eigenvalue weighted by Gasteiger charge is 2.50. The summed E-state index contributed by atoms with van der Waals surface area (Å²) in [6, 6.07) is 10.6. The summed E-state index contributed by atoms with van der Waals surface area (Å²) in [5.41, 5.74) is 0.241. The number of ether oxygens (including phenoxy) is 1. The van der Waals surface area contributed by atoms with Crippen LogP contribution in [0.25, 0.3) is 0 Å². The number of carboxylic acid groups (broad SMARTS) is 1. The van der Waals surface area contributed by atoms with Gasteiger partial charge in [0.05, 0.1) is 28.6 Å². The zero-order valence-corrected chi connectivity index (χ0v) is 22.2. The first-order valence-corrected chi connectivity index (χ1v) is 12.3. The molecule has 2 aromatic rings. The van der Waals surface area contributed by atoms with Crippen molar-refractivity contribution in [2.75, 3.05) is 4.90 Å². The molecule has 0 aromatic heterocycles. The molecule has 1 saturated carbocycles. The number of carbonyl (C=O) groups is 4. The van der Waals surface area contributed by atoms with E-state index in [9.17, 15) is 24.3 Å². The summed E-state index contributed by atoms with van der Waals surface area (Å²) in [5, 5.41) is 9.99. The SMILES string of the molecule is CC1(C)CCC(C)(C)C1OC(=O)C(=O)CC(=O)N(Cc1ccc(Cl)c(Cl)c1)c1cccc(C(=O)O)c1. The molecule has 0 atom stereocenters. The van der Waals surface area contributed by atoms with Crippen LogP contribution in [0.4, 0.5) is 5.69 Å². The zero-order valence-electron chi connectivity index (χ0n) is 20.6. The number of amides is 1. The van der Waals surface area contributed by atoms with Crippen molar-refractivity contribution in [1.82, 2.24) is 0 Å². The second-order valence-electron chi connectivity index (χ2n) is 10.4. The third kappa shape index (κ3) is 6.26. The van der Waals surface area contributed by atoms with Crippen LogP contribution < -0.4 is 4.90 Å². The summed E-state index contributed by atoms with van der Waals surface area (Å²) >= 11 is 12.1. The lowest BCUT2D eigenvalue weighted by molar-refractivity contribution is -0.166. The lowest BCUT2D eigenvalue weighted by Gasteiger charge is -2.34. The molecule has 3 rings (SSSR count). The minimum absolute atomic E-state index is 0.0240. The molecule has 1 amide bonds. The zero-order chi connectivity index (χ0) is 26.8.